The highest BCUT2D eigenvalue weighted by Crippen LogP contribution is 2.20. The smallest absolute Gasteiger partial charge is 0.300 e. The third kappa shape index (κ3) is 5.13. The predicted octanol–water partition coefficient (Wildman–Crippen LogP) is 1.63. The Morgan fingerprint density at radius 1 is 1.67 bits per heavy atom. The zero-order chi connectivity index (χ0) is 9.61. The molecule has 3 nitrogen and oxygen atoms in total. The Balaban J connectivity index is 0.000000261. The van der Waals surface area contributed by atoms with Crippen LogP contribution < -0.4 is 5.32 Å². The van der Waals surface area contributed by atoms with Gasteiger partial charge in [-0.2, -0.15) is 0 Å². The third-order valence-electron chi connectivity index (χ3n) is 2.24. The number of carbonyl (C=O) groups is 1. The molecular formula is C9H19NO2. The largest absolute Gasteiger partial charge is 0.481 e. The summed E-state index contributed by atoms with van der Waals surface area (Å²) in [5.74, 6) is -0.833. The summed E-state index contributed by atoms with van der Waals surface area (Å²) in [6.45, 7) is 6.86. The first kappa shape index (κ1) is 11.4. The van der Waals surface area contributed by atoms with Crippen molar-refractivity contribution >= 4 is 5.97 Å². The molecule has 0 aromatic rings. The summed E-state index contributed by atoms with van der Waals surface area (Å²) in [5, 5.41) is 10.9. The number of hydrogen-bond donors (Lipinski definition) is 2. The average molecular weight is 173 g/mol. The van der Waals surface area contributed by atoms with Gasteiger partial charge in [-0.1, -0.05) is 6.92 Å². The second-order valence-corrected chi connectivity index (χ2v) is 3.46. The van der Waals surface area contributed by atoms with Crippen LogP contribution in [0.4, 0.5) is 0 Å². The minimum Gasteiger partial charge on any atom is -0.481 e. The molecule has 1 saturated heterocycles. The van der Waals surface area contributed by atoms with Gasteiger partial charge in [0, 0.05) is 12.5 Å². The van der Waals surface area contributed by atoms with Crippen molar-refractivity contribution in [1.29, 1.82) is 0 Å². The minimum atomic E-state index is -0.833. The SMILES string of the molecule is CC(=O)O.CCC1(C)CCCN1. The number of hydrogen-bond acceptors (Lipinski definition) is 2. The van der Waals surface area contributed by atoms with Crippen molar-refractivity contribution in [2.75, 3.05) is 6.54 Å². The Kier molecular flexibility index (Phi) is 4.90. The first-order valence-electron chi connectivity index (χ1n) is 4.45. The zero-order valence-corrected chi connectivity index (χ0v) is 8.18. The topological polar surface area (TPSA) is 49.3 Å². The van der Waals surface area contributed by atoms with Crippen LogP contribution in [-0.4, -0.2) is 23.2 Å². The highest BCUT2D eigenvalue weighted by atomic mass is 16.4. The number of carboxylic acid groups (broad SMARTS) is 1. The highest BCUT2D eigenvalue weighted by Gasteiger charge is 2.24. The van der Waals surface area contributed by atoms with Gasteiger partial charge >= 0.3 is 0 Å². The standard InChI is InChI=1S/C7H15N.C2H4O2/c1-3-7(2)5-4-6-8-7;1-2(3)4/h8H,3-6H2,1-2H3;1H3,(H,3,4). The molecule has 1 heterocycles. The maximum Gasteiger partial charge on any atom is 0.300 e. The number of aliphatic carboxylic acids is 1. The summed E-state index contributed by atoms with van der Waals surface area (Å²) in [6, 6.07) is 0. The molecule has 3 heteroatoms. The lowest BCUT2D eigenvalue weighted by Gasteiger charge is -2.21. The molecule has 0 aromatic carbocycles. The van der Waals surface area contributed by atoms with Crippen LogP contribution in [0, 0.1) is 0 Å². The second kappa shape index (κ2) is 5.14. The van der Waals surface area contributed by atoms with Crippen molar-refractivity contribution in [3.05, 3.63) is 0 Å². The van der Waals surface area contributed by atoms with Crippen LogP contribution in [0.1, 0.15) is 40.0 Å². The van der Waals surface area contributed by atoms with E-state index in [1.165, 1.54) is 25.8 Å². The molecule has 0 aromatic heterocycles. The van der Waals surface area contributed by atoms with Crippen LogP contribution in [0.25, 0.3) is 0 Å². The molecule has 1 aliphatic rings. The molecule has 12 heavy (non-hydrogen) atoms. The first-order chi connectivity index (χ1) is 5.50. The Labute approximate surface area is 74.2 Å². The van der Waals surface area contributed by atoms with Crippen LogP contribution in [0.2, 0.25) is 0 Å². The lowest BCUT2D eigenvalue weighted by molar-refractivity contribution is -0.134. The molecule has 0 saturated carbocycles. The van der Waals surface area contributed by atoms with E-state index in [-0.39, 0.29) is 0 Å². The summed E-state index contributed by atoms with van der Waals surface area (Å²) >= 11 is 0. The van der Waals surface area contributed by atoms with Crippen molar-refractivity contribution < 1.29 is 9.90 Å². The quantitative estimate of drug-likeness (QED) is 0.633. The Morgan fingerprint density at radius 3 is 2.33 bits per heavy atom. The Bertz CT molecular complexity index is 135. The molecule has 2 N–H and O–H groups in total. The van der Waals surface area contributed by atoms with Crippen molar-refractivity contribution in [2.45, 2.75) is 45.6 Å². The van der Waals surface area contributed by atoms with Crippen LogP contribution in [-0.2, 0) is 4.79 Å². The number of carboxylic acids is 1. The van der Waals surface area contributed by atoms with E-state index >= 15 is 0 Å². The summed E-state index contributed by atoms with van der Waals surface area (Å²) < 4.78 is 0. The Morgan fingerprint density at radius 2 is 2.17 bits per heavy atom. The molecule has 0 radical (unpaired) electrons. The molecule has 1 rings (SSSR count). The van der Waals surface area contributed by atoms with Gasteiger partial charge in [0.2, 0.25) is 0 Å². The number of nitrogens with one attached hydrogen (secondary N) is 1. The second-order valence-electron chi connectivity index (χ2n) is 3.46. The lowest BCUT2D eigenvalue weighted by Crippen LogP contribution is -2.34. The molecule has 0 amide bonds. The maximum absolute atomic E-state index is 9.00. The van der Waals surface area contributed by atoms with Gasteiger partial charge in [0.25, 0.3) is 5.97 Å². The summed E-state index contributed by atoms with van der Waals surface area (Å²) in [7, 11) is 0. The van der Waals surface area contributed by atoms with Crippen molar-refractivity contribution in [3.63, 3.8) is 0 Å². The summed E-state index contributed by atoms with van der Waals surface area (Å²) in [5.41, 5.74) is 0.486. The van der Waals surface area contributed by atoms with Gasteiger partial charge in [0.15, 0.2) is 0 Å². The van der Waals surface area contributed by atoms with Gasteiger partial charge < -0.3 is 10.4 Å². The fourth-order valence-electron chi connectivity index (χ4n) is 1.26. The molecule has 0 bridgehead atoms. The van der Waals surface area contributed by atoms with E-state index < -0.39 is 5.97 Å². The van der Waals surface area contributed by atoms with Crippen LogP contribution >= 0.6 is 0 Å². The highest BCUT2D eigenvalue weighted by molar-refractivity contribution is 5.62. The molecule has 0 aliphatic carbocycles. The normalized spacial score (nSPS) is 27.6. The molecule has 1 fully saturated rings. The van der Waals surface area contributed by atoms with Crippen LogP contribution in [0.5, 0.6) is 0 Å². The van der Waals surface area contributed by atoms with Crippen molar-refractivity contribution in [1.82, 2.24) is 5.32 Å². The van der Waals surface area contributed by atoms with Crippen molar-refractivity contribution in [2.24, 2.45) is 0 Å². The average Bonchev–Trinajstić information content (AvgIpc) is 2.36. The van der Waals surface area contributed by atoms with E-state index in [0.717, 1.165) is 6.92 Å². The van der Waals surface area contributed by atoms with E-state index in [1.807, 2.05) is 0 Å². The van der Waals surface area contributed by atoms with Gasteiger partial charge in [-0.25, -0.2) is 0 Å². The van der Waals surface area contributed by atoms with Gasteiger partial charge in [-0.3, -0.25) is 4.79 Å². The van der Waals surface area contributed by atoms with Gasteiger partial charge in [-0.05, 0) is 32.7 Å². The fraction of sp³-hybridized carbons (Fsp3) is 0.889. The van der Waals surface area contributed by atoms with Crippen LogP contribution in [0.3, 0.4) is 0 Å². The van der Waals surface area contributed by atoms with E-state index in [1.54, 1.807) is 0 Å². The summed E-state index contributed by atoms with van der Waals surface area (Å²) in [6.07, 6.45) is 4.00. The molecule has 0 spiro atoms. The van der Waals surface area contributed by atoms with Gasteiger partial charge in [0.05, 0.1) is 0 Å². The minimum absolute atomic E-state index is 0.486. The molecule has 1 aliphatic heterocycles. The monoisotopic (exact) mass is 173 g/mol. The van der Waals surface area contributed by atoms with E-state index in [9.17, 15) is 0 Å². The molecule has 1 unspecified atom stereocenters. The zero-order valence-electron chi connectivity index (χ0n) is 8.18. The van der Waals surface area contributed by atoms with E-state index in [2.05, 4.69) is 19.2 Å². The van der Waals surface area contributed by atoms with Crippen molar-refractivity contribution in [3.8, 4) is 0 Å². The first-order valence-corrected chi connectivity index (χ1v) is 4.45. The predicted molar refractivity (Wildman–Crippen MR) is 49.2 cm³/mol. The molecule has 1 atom stereocenters. The Hall–Kier alpha value is -0.570. The van der Waals surface area contributed by atoms with E-state index in [4.69, 9.17) is 9.90 Å². The van der Waals surface area contributed by atoms with Gasteiger partial charge in [0.1, 0.15) is 0 Å². The third-order valence-corrected chi connectivity index (χ3v) is 2.24. The fourth-order valence-corrected chi connectivity index (χ4v) is 1.26. The summed E-state index contributed by atoms with van der Waals surface area (Å²) in [4.78, 5) is 9.00. The van der Waals surface area contributed by atoms with Gasteiger partial charge in [-0.15, -0.1) is 0 Å². The lowest BCUT2D eigenvalue weighted by atomic mass is 9.98. The maximum atomic E-state index is 9.00. The van der Waals surface area contributed by atoms with Crippen LogP contribution in [0.15, 0.2) is 0 Å². The number of rotatable bonds is 1. The molecular weight excluding hydrogens is 154 g/mol. The molecule has 72 valence electrons. The van der Waals surface area contributed by atoms with E-state index in [0.29, 0.717) is 5.54 Å².